The van der Waals surface area contributed by atoms with Crippen molar-refractivity contribution in [2.75, 3.05) is 5.88 Å². The first-order valence-electron chi connectivity index (χ1n) is 6.26. The Balaban J connectivity index is 2.05. The minimum atomic E-state index is -0.467. The first kappa shape index (κ1) is 15.6. The Morgan fingerprint density at radius 1 is 1.29 bits per heavy atom. The predicted molar refractivity (Wildman–Crippen MR) is 82.2 cm³/mol. The van der Waals surface area contributed by atoms with Crippen LogP contribution in [0.5, 0.6) is 5.75 Å². The van der Waals surface area contributed by atoms with Crippen molar-refractivity contribution >= 4 is 23.2 Å². The van der Waals surface area contributed by atoms with Gasteiger partial charge in [0.1, 0.15) is 18.2 Å². The topological polar surface area (TPSA) is 22.1 Å². The van der Waals surface area contributed by atoms with Gasteiger partial charge in [0.15, 0.2) is 0 Å². The van der Waals surface area contributed by atoms with E-state index in [4.69, 9.17) is 27.9 Å². The summed E-state index contributed by atoms with van der Waals surface area (Å²) < 4.78 is 19.2. The van der Waals surface area contributed by atoms with E-state index in [9.17, 15) is 4.39 Å². The summed E-state index contributed by atoms with van der Waals surface area (Å²) in [6, 6.07) is 6.54. The molecule has 0 N–H and O–H groups in total. The Labute approximate surface area is 132 Å². The first-order chi connectivity index (χ1) is 10.2. The zero-order valence-corrected chi connectivity index (χ0v) is 12.6. The van der Waals surface area contributed by atoms with Gasteiger partial charge in [0, 0.05) is 29.6 Å². The molecule has 0 unspecified atom stereocenters. The number of halogens is 3. The molecule has 0 amide bonds. The summed E-state index contributed by atoms with van der Waals surface area (Å²) in [7, 11) is 0. The molecule has 0 saturated heterocycles. The van der Waals surface area contributed by atoms with Crippen molar-refractivity contribution in [3.63, 3.8) is 0 Å². The van der Waals surface area contributed by atoms with Gasteiger partial charge in [-0.05, 0) is 12.1 Å². The Bertz CT molecular complexity index is 679. The molecule has 0 spiro atoms. The summed E-state index contributed by atoms with van der Waals surface area (Å²) in [6.45, 7) is 0.0760. The van der Waals surface area contributed by atoms with Crippen molar-refractivity contribution < 1.29 is 9.13 Å². The monoisotopic (exact) mass is 323 g/mol. The van der Waals surface area contributed by atoms with Crippen LogP contribution in [0.1, 0.15) is 17.5 Å². The summed E-state index contributed by atoms with van der Waals surface area (Å²) in [5, 5.41) is 0.0786. The van der Waals surface area contributed by atoms with Gasteiger partial charge in [-0.15, -0.1) is 11.6 Å². The quantitative estimate of drug-likeness (QED) is 0.613. The number of hydrogen-bond donors (Lipinski definition) is 0. The molecule has 21 heavy (non-hydrogen) atoms. The van der Waals surface area contributed by atoms with Crippen LogP contribution in [0.25, 0.3) is 0 Å². The van der Waals surface area contributed by atoms with Gasteiger partial charge >= 0.3 is 0 Å². The lowest BCUT2D eigenvalue weighted by Gasteiger charge is -2.07. The van der Waals surface area contributed by atoms with Crippen molar-refractivity contribution in [1.82, 2.24) is 4.98 Å². The fraction of sp³-hybridized carbons (Fsp3) is 0.188. The number of rotatable bonds is 4. The number of ether oxygens (including phenoxy) is 1. The van der Waals surface area contributed by atoms with E-state index in [1.807, 2.05) is 0 Å². The fourth-order valence-electron chi connectivity index (χ4n) is 1.60. The smallest absolute Gasteiger partial charge is 0.148 e. The van der Waals surface area contributed by atoms with Crippen LogP contribution in [0.3, 0.4) is 0 Å². The van der Waals surface area contributed by atoms with Crippen molar-refractivity contribution in [3.8, 4) is 17.6 Å². The van der Waals surface area contributed by atoms with Gasteiger partial charge in [-0.25, -0.2) is 4.39 Å². The molecule has 0 bridgehead atoms. The summed E-state index contributed by atoms with van der Waals surface area (Å²) in [4.78, 5) is 4.04. The third kappa shape index (κ3) is 4.63. The molecule has 2 aromatic rings. The van der Waals surface area contributed by atoms with Crippen LogP contribution in [0, 0.1) is 17.7 Å². The molecule has 108 valence electrons. The van der Waals surface area contributed by atoms with Crippen LogP contribution < -0.4 is 4.74 Å². The lowest BCUT2D eigenvalue weighted by Crippen LogP contribution is -1.99. The largest absolute Gasteiger partial charge is 0.487 e. The number of pyridine rings is 1. The van der Waals surface area contributed by atoms with Crippen molar-refractivity contribution in [2.24, 2.45) is 0 Å². The second kappa shape index (κ2) is 7.87. The number of aromatic nitrogens is 1. The SMILES string of the molecule is Fc1c(Cl)cccc1COc1cncc(C#CCCCl)c1. The predicted octanol–water partition coefficient (Wildman–Crippen LogP) is 4.43. The molecule has 0 radical (unpaired) electrons. The Hall–Kier alpha value is -1.76. The maximum Gasteiger partial charge on any atom is 0.148 e. The highest BCUT2D eigenvalue weighted by atomic mass is 35.5. The number of benzene rings is 1. The second-order valence-corrected chi connectivity index (χ2v) is 4.94. The number of nitrogens with zero attached hydrogens (tertiary/aromatic N) is 1. The molecule has 5 heteroatoms. The Morgan fingerprint density at radius 2 is 2.14 bits per heavy atom. The van der Waals surface area contributed by atoms with Gasteiger partial charge < -0.3 is 4.74 Å². The van der Waals surface area contributed by atoms with E-state index in [-0.39, 0.29) is 11.6 Å². The van der Waals surface area contributed by atoms with E-state index in [2.05, 4.69) is 16.8 Å². The molecule has 2 nitrogen and oxygen atoms in total. The van der Waals surface area contributed by atoms with Gasteiger partial charge in [0.05, 0.1) is 11.2 Å². The minimum Gasteiger partial charge on any atom is -0.487 e. The van der Waals surface area contributed by atoms with Gasteiger partial charge in [-0.1, -0.05) is 35.6 Å². The molecular formula is C16H12Cl2FNO. The molecule has 0 aliphatic rings. The van der Waals surface area contributed by atoms with Crippen LogP contribution in [-0.2, 0) is 6.61 Å². The van der Waals surface area contributed by atoms with E-state index in [1.54, 1.807) is 30.6 Å². The highest BCUT2D eigenvalue weighted by Gasteiger charge is 2.07. The standard InChI is InChI=1S/C16H12Cl2FNO/c17-7-2-1-4-12-8-14(10-20-9-12)21-11-13-5-3-6-15(18)16(13)19/h3,5-6,8-10H,2,7,11H2. The van der Waals surface area contributed by atoms with E-state index in [1.165, 1.54) is 6.07 Å². The molecule has 1 heterocycles. The average Bonchev–Trinajstić information content (AvgIpc) is 2.50. The van der Waals surface area contributed by atoms with Crippen LogP contribution in [-0.4, -0.2) is 10.9 Å². The number of hydrogen-bond acceptors (Lipinski definition) is 2. The molecule has 2 rings (SSSR count). The van der Waals surface area contributed by atoms with Gasteiger partial charge in [0.25, 0.3) is 0 Å². The molecular weight excluding hydrogens is 312 g/mol. The van der Waals surface area contributed by atoms with E-state index in [0.29, 0.717) is 23.6 Å². The number of alkyl halides is 1. The Kier molecular flexibility index (Phi) is 5.86. The summed E-state index contributed by atoms with van der Waals surface area (Å²) in [5.74, 6) is 6.39. The summed E-state index contributed by atoms with van der Waals surface area (Å²) >= 11 is 11.3. The van der Waals surface area contributed by atoms with Crippen molar-refractivity contribution in [3.05, 3.63) is 58.6 Å². The maximum absolute atomic E-state index is 13.7. The highest BCUT2D eigenvalue weighted by Crippen LogP contribution is 2.20. The molecule has 1 aromatic carbocycles. The highest BCUT2D eigenvalue weighted by molar-refractivity contribution is 6.30. The lowest BCUT2D eigenvalue weighted by atomic mass is 10.2. The normalized spacial score (nSPS) is 9.86. The Morgan fingerprint density at radius 3 is 2.95 bits per heavy atom. The zero-order valence-electron chi connectivity index (χ0n) is 11.1. The van der Waals surface area contributed by atoms with Crippen LogP contribution >= 0.6 is 23.2 Å². The fourth-order valence-corrected chi connectivity index (χ4v) is 1.89. The van der Waals surface area contributed by atoms with Gasteiger partial charge in [0.2, 0.25) is 0 Å². The molecule has 0 saturated carbocycles. The zero-order chi connectivity index (χ0) is 15.1. The molecule has 0 fully saturated rings. The first-order valence-corrected chi connectivity index (χ1v) is 7.17. The average molecular weight is 324 g/mol. The second-order valence-electron chi connectivity index (χ2n) is 4.15. The molecule has 0 atom stereocenters. The third-order valence-corrected chi connectivity index (χ3v) is 3.07. The summed E-state index contributed by atoms with van der Waals surface area (Å²) in [5.41, 5.74) is 1.12. The van der Waals surface area contributed by atoms with Crippen LogP contribution in [0.4, 0.5) is 4.39 Å². The molecule has 0 aliphatic carbocycles. The van der Waals surface area contributed by atoms with E-state index in [0.717, 1.165) is 5.56 Å². The van der Waals surface area contributed by atoms with Crippen molar-refractivity contribution in [2.45, 2.75) is 13.0 Å². The summed E-state index contributed by atoms with van der Waals surface area (Å²) in [6.07, 6.45) is 3.80. The maximum atomic E-state index is 13.7. The van der Waals surface area contributed by atoms with Gasteiger partial charge in [-0.2, -0.15) is 0 Å². The van der Waals surface area contributed by atoms with Gasteiger partial charge in [-0.3, -0.25) is 4.98 Å². The van der Waals surface area contributed by atoms with Crippen LogP contribution in [0.2, 0.25) is 5.02 Å². The molecule has 0 aliphatic heterocycles. The third-order valence-electron chi connectivity index (χ3n) is 2.59. The van der Waals surface area contributed by atoms with Crippen molar-refractivity contribution in [1.29, 1.82) is 0 Å². The lowest BCUT2D eigenvalue weighted by molar-refractivity contribution is 0.298. The van der Waals surface area contributed by atoms with E-state index >= 15 is 0 Å². The minimum absolute atomic E-state index is 0.0760. The van der Waals surface area contributed by atoms with E-state index < -0.39 is 5.82 Å². The molecule has 1 aromatic heterocycles. The van der Waals surface area contributed by atoms with Crippen LogP contribution in [0.15, 0.2) is 36.7 Å².